The number of anilines is 2. The van der Waals surface area contributed by atoms with Gasteiger partial charge in [0.25, 0.3) is 5.56 Å². The molecule has 4 heterocycles. The van der Waals surface area contributed by atoms with Gasteiger partial charge < -0.3 is 19.5 Å². The number of pyridine rings is 1. The normalized spacial score (nSPS) is 17.9. The van der Waals surface area contributed by atoms with Crippen LogP contribution in [0.3, 0.4) is 0 Å². The smallest absolute Gasteiger partial charge is 0.405 e. The molecule has 1 atom stereocenters. The number of ether oxygens (including phenoxy) is 1. The van der Waals surface area contributed by atoms with Crippen LogP contribution in [-0.2, 0) is 36.1 Å². The molecule has 2 saturated heterocycles. The number of alkyl halides is 3. The third-order valence-electron chi connectivity index (χ3n) is 11.2. The molecule has 5 aromatic rings. The summed E-state index contributed by atoms with van der Waals surface area (Å²) in [6.45, 7) is 3.55. The summed E-state index contributed by atoms with van der Waals surface area (Å²) >= 11 is 0. The molecule has 0 saturated carbocycles. The molecule has 1 aromatic heterocycles. The van der Waals surface area contributed by atoms with Crippen molar-refractivity contribution in [1.82, 2.24) is 14.8 Å². The second-order valence-electron chi connectivity index (χ2n) is 15.0. The number of nitrogens with zero attached hydrogens (tertiary/aromatic N) is 3. The first kappa shape index (κ1) is 37.2. The molecule has 2 amide bonds. The maximum absolute atomic E-state index is 14.3. The number of carbonyl (C=O) groups excluding carboxylic acids is 2. The first-order chi connectivity index (χ1) is 26.9. The van der Waals surface area contributed by atoms with Gasteiger partial charge in [-0.1, -0.05) is 36.4 Å². The van der Waals surface area contributed by atoms with E-state index in [0.717, 1.165) is 55.8 Å². The monoisotopic (exact) mass is 767 g/mol. The van der Waals surface area contributed by atoms with Gasteiger partial charge in [0.05, 0.1) is 0 Å². The molecule has 4 aromatic carbocycles. The molecular formula is C43H41F4N5O4. The van der Waals surface area contributed by atoms with Crippen LogP contribution in [0.1, 0.15) is 53.9 Å². The van der Waals surface area contributed by atoms with Gasteiger partial charge in [0, 0.05) is 67.2 Å². The first-order valence-electron chi connectivity index (χ1n) is 18.8. The van der Waals surface area contributed by atoms with E-state index in [-0.39, 0.29) is 35.1 Å². The number of piperidine rings is 2. The highest BCUT2D eigenvalue weighted by Crippen LogP contribution is 2.38. The Bertz CT molecular complexity index is 2370. The van der Waals surface area contributed by atoms with Crippen LogP contribution in [-0.4, -0.2) is 53.3 Å². The number of likely N-dealkylation sites (tertiary alicyclic amines) is 1. The van der Waals surface area contributed by atoms with Crippen molar-refractivity contribution in [2.75, 3.05) is 29.9 Å². The van der Waals surface area contributed by atoms with Crippen LogP contribution in [0, 0.1) is 5.82 Å². The minimum atomic E-state index is -4.93. The number of hydrogen-bond donors (Lipinski definition) is 2. The van der Waals surface area contributed by atoms with Crippen LogP contribution < -0.4 is 25.8 Å². The number of nitrogens with one attached hydrogen (secondary N) is 2. The number of imide groups is 1. The largest absolute Gasteiger partial charge is 0.573 e. The Morgan fingerprint density at radius 3 is 2.38 bits per heavy atom. The highest BCUT2D eigenvalue weighted by atomic mass is 19.4. The summed E-state index contributed by atoms with van der Waals surface area (Å²) in [4.78, 5) is 40.8. The average Bonchev–Trinajstić information content (AvgIpc) is 3.56. The topological polar surface area (TPSA) is 95.9 Å². The number of halogens is 4. The van der Waals surface area contributed by atoms with Crippen LogP contribution >= 0.6 is 0 Å². The van der Waals surface area contributed by atoms with E-state index < -0.39 is 18.2 Å². The van der Waals surface area contributed by atoms with Crippen molar-refractivity contribution in [1.29, 1.82) is 0 Å². The summed E-state index contributed by atoms with van der Waals surface area (Å²) in [7, 11) is 1.55. The Labute approximate surface area is 320 Å². The van der Waals surface area contributed by atoms with Crippen LogP contribution in [0.15, 0.2) is 89.9 Å². The Morgan fingerprint density at radius 1 is 0.839 bits per heavy atom. The summed E-state index contributed by atoms with van der Waals surface area (Å²) in [5.74, 6) is -0.985. The Hall–Kier alpha value is -5.69. The zero-order valence-corrected chi connectivity index (χ0v) is 30.8. The summed E-state index contributed by atoms with van der Waals surface area (Å²) in [6.07, 6.45) is 0.190. The van der Waals surface area contributed by atoms with Gasteiger partial charge in [0.1, 0.15) is 17.6 Å². The predicted molar refractivity (Wildman–Crippen MR) is 206 cm³/mol. The number of aryl methyl sites for hydroxylation is 1. The minimum Gasteiger partial charge on any atom is -0.405 e. The Kier molecular flexibility index (Phi) is 10.0. The zero-order chi connectivity index (χ0) is 39.1. The number of rotatable bonds is 9. The highest BCUT2D eigenvalue weighted by Gasteiger charge is 2.33. The second kappa shape index (κ2) is 15.1. The van der Waals surface area contributed by atoms with Crippen LogP contribution in [0.5, 0.6) is 5.75 Å². The number of amides is 2. The van der Waals surface area contributed by atoms with E-state index in [2.05, 4.69) is 55.5 Å². The van der Waals surface area contributed by atoms with E-state index in [0.29, 0.717) is 47.4 Å². The molecule has 3 aliphatic heterocycles. The van der Waals surface area contributed by atoms with E-state index in [9.17, 15) is 31.9 Å². The fourth-order valence-corrected chi connectivity index (χ4v) is 8.30. The number of benzene rings is 4. The van der Waals surface area contributed by atoms with Crippen molar-refractivity contribution < 1.29 is 31.9 Å². The second-order valence-corrected chi connectivity index (χ2v) is 15.0. The maximum Gasteiger partial charge on any atom is 0.573 e. The molecule has 8 rings (SSSR count). The molecule has 13 heteroatoms. The van der Waals surface area contributed by atoms with Gasteiger partial charge in [-0.3, -0.25) is 24.6 Å². The standard InChI is InChI=1S/C43H41F4N5O4/c1-50-25-36(35-22-32(44)7-10-34(35)42(50)55)29-3-4-31(39(21-29)56-43(45,46)47)24-52-19-16-30-20-26(2-12-38(30)52)23-51-17-14-28(15-18-51)27-5-8-33(9-6-27)48-37-11-13-40(53)49-41(37)54/h2-10,12,20-22,25,28,37,48H,11,13-19,23-24H2,1H3,(H,49,53,54). The fraction of sp³-hybridized carbons (Fsp3) is 0.326. The fourth-order valence-electron chi connectivity index (χ4n) is 8.30. The van der Waals surface area contributed by atoms with Crippen molar-refractivity contribution in [2.45, 2.75) is 63.5 Å². The average molecular weight is 768 g/mol. The summed E-state index contributed by atoms with van der Waals surface area (Å²) in [5.41, 5.74) is 6.24. The third-order valence-corrected chi connectivity index (χ3v) is 11.2. The van der Waals surface area contributed by atoms with Crippen molar-refractivity contribution in [3.8, 4) is 16.9 Å². The van der Waals surface area contributed by atoms with Crippen LogP contribution in [0.4, 0.5) is 28.9 Å². The number of aromatic nitrogens is 1. The van der Waals surface area contributed by atoms with Gasteiger partial charge in [0.15, 0.2) is 0 Å². The number of hydrogen-bond acceptors (Lipinski definition) is 7. The molecule has 3 aliphatic rings. The molecule has 2 fully saturated rings. The van der Waals surface area contributed by atoms with Gasteiger partial charge in [-0.25, -0.2) is 4.39 Å². The van der Waals surface area contributed by atoms with Gasteiger partial charge in [-0.2, -0.15) is 0 Å². The predicted octanol–water partition coefficient (Wildman–Crippen LogP) is 7.40. The van der Waals surface area contributed by atoms with Crippen molar-refractivity contribution in [2.24, 2.45) is 7.05 Å². The van der Waals surface area contributed by atoms with Crippen LogP contribution in [0.2, 0.25) is 0 Å². The minimum absolute atomic E-state index is 0.197. The van der Waals surface area contributed by atoms with Crippen molar-refractivity contribution in [3.63, 3.8) is 0 Å². The van der Waals surface area contributed by atoms with Gasteiger partial charge in [0.2, 0.25) is 11.8 Å². The molecule has 0 bridgehead atoms. The quantitative estimate of drug-likeness (QED) is 0.119. The molecule has 9 nitrogen and oxygen atoms in total. The van der Waals surface area contributed by atoms with Crippen LogP contribution in [0.25, 0.3) is 21.9 Å². The molecule has 2 N–H and O–H groups in total. The van der Waals surface area contributed by atoms with Crippen molar-refractivity contribution >= 4 is 34.0 Å². The van der Waals surface area contributed by atoms with Gasteiger partial charge in [-0.05, 0) is 115 Å². The zero-order valence-electron chi connectivity index (χ0n) is 30.8. The third kappa shape index (κ3) is 7.99. The number of fused-ring (bicyclic) bond motifs is 2. The SMILES string of the molecule is Cn1cc(-c2ccc(CN3CCc4cc(CN5CCC(c6ccc(NC7CCC(=O)NC7=O)cc6)CC5)ccc43)c(OC(F)(F)F)c2)c2cc(F)ccc2c1=O. The van der Waals surface area contributed by atoms with E-state index >= 15 is 0 Å². The molecule has 56 heavy (non-hydrogen) atoms. The molecule has 0 aliphatic carbocycles. The molecule has 1 unspecified atom stereocenters. The Morgan fingerprint density at radius 2 is 1.62 bits per heavy atom. The lowest BCUT2D eigenvalue weighted by molar-refractivity contribution is -0.274. The molecule has 290 valence electrons. The molecule has 0 spiro atoms. The molecule has 0 radical (unpaired) electrons. The van der Waals surface area contributed by atoms with Gasteiger partial charge in [-0.15, -0.1) is 13.2 Å². The van der Waals surface area contributed by atoms with Crippen molar-refractivity contribution in [3.05, 3.63) is 123 Å². The van der Waals surface area contributed by atoms with E-state index in [4.69, 9.17) is 0 Å². The first-order valence-corrected chi connectivity index (χ1v) is 18.8. The summed E-state index contributed by atoms with van der Waals surface area (Å²) in [5, 5.41) is 6.18. The van der Waals surface area contributed by atoms with E-state index in [1.165, 1.54) is 46.2 Å². The number of carbonyl (C=O) groups is 2. The Balaban J connectivity index is 0.915. The lowest BCUT2D eigenvalue weighted by Gasteiger charge is -2.32. The lowest BCUT2D eigenvalue weighted by Crippen LogP contribution is -2.47. The van der Waals surface area contributed by atoms with Gasteiger partial charge >= 0.3 is 6.36 Å². The maximum atomic E-state index is 14.3. The van der Waals surface area contributed by atoms with E-state index in [1.54, 1.807) is 19.2 Å². The highest BCUT2D eigenvalue weighted by molar-refractivity contribution is 6.01. The summed E-state index contributed by atoms with van der Waals surface area (Å²) < 4.78 is 61.3. The lowest BCUT2D eigenvalue weighted by atomic mass is 9.89. The van der Waals surface area contributed by atoms with E-state index in [1.807, 2.05) is 12.1 Å². The summed E-state index contributed by atoms with van der Waals surface area (Å²) in [6, 6.07) is 22.6. The molecular weight excluding hydrogens is 726 g/mol.